The average Bonchev–Trinajstić information content (AvgIpc) is 2.57. The van der Waals surface area contributed by atoms with Crippen molar-refractivity contribution in [3.63, 3.8) is 0 Å². The molecule has 1 N–H and O–H groups in total. The highest BCUT2D eigenvalue weighted by atomic mass is 32.1. The van der Waals surface area contributed by atoms with Crippen LogP contribution in [0.4, 0.5) is 8.78 Å². The van der Waals surface area contributed by atoms with Crippen LogP contribution in [0.1, 0.15) is 6.92 Å². The minimum atomic E-state index is -0.638. The van der Waals surface area contributed by atoms with E-state index < -0.39 is 11.6 Å². The first-order valence-corrected chi connectivity index (χ1v) is 5.69. The minimum Gasteiger partial charge on any atom is -0.380 e. The third kappa shape index (κ3) is 2.37. The predicted octanol–water partition coefficient (Wildman–Crippen LogP) is 3.01. The second-order valence-corrected chi connectivity index (χ2v) is 3.95. The molecule has 1 heterocycles. The van der Waals surface area contributed by atoms with Gasteiger partial charge in [-0.05, 0) is 25.2 Å². The number of halogens is 2. The molecule has 0 radical (unpaired) electrons. The van der Waals surface area contributed by atoms with Crippen molar-refractivity contribution in [2.45, 2.75) is 13.5 Å². The molecule has 6 heteroatoms. The molecule has 0 amide bonds. The standard InChI is InChI=1S/C11H12F2N2OS/c1-2-16-4-3-15-9-6-7(12)5-8(13)10(9)14-11(15)17/h5-6H,2-4H2,1H3,(H,14,17). The molecule has 0 saturated heterocycles. The van der Waals surface area contributed by atoms with Crippen LogP contribution in [0, 0.1) is 16.4 Å². The summed E-state index contributed by atoms with van der Waals surface area (Å²) in [6.07, 6.45) is 0. The molecule has 1 aromatic carbocycles. The minimum absolute atomic E-state index is 0.230. The average molecular weight is 258 g/mol. The van der Waals surface area contributed by atoms with Gasteiger partial charge in [-0.2, -0.15) is 0 Å². The van der Waals surface area contributed by atoms with Gasteiger partial charge in [0.2, 0.25) is 0 Å². The van der Waals surface area contributed by atoms with Gasteiger partial charge < -0.3 is 14.3 Å². The molecule has 2 rings (SSSR count). The molecular weight excluding hydrogens is 246 g/mol. The molecular formula is C11H12F2N2OS. The lowest BCUT2D eigenvalue weighted by Gasteiger charge is -2.04. The molecule has 0 aliphatic heterocycles. The van der Waals surface area contributed by atoms with Crippen LogP contribution in [-0.2, 0) is 11.3 Å². The van der Waals surface area contributed by atoms with Gasteiger partial charge in [0.05, 0.1) is 12.1 Å². The van der Waals surface area contributed by atoms with Crippen LogP contribution in [0.25, 0.3) is 11.0 Å². The third-order valence-electron chi connectivity index (χ3n) is 2.47. The van der Waals surface area contributed by atoms with Gasteiger partial charge in [-0.25, -0.2) is 8.78 Å². The van der Waals surface area contributed by atoms with Gasteiger partial charge in [0.25, 0.3) is 0 Å². The van der Waals surface area contributed by atoms with Crippen molar-refractivity contribution in [3.05, 3.63) is 28.5 Å². The number of nitrogens with zero attached hydrogens (tertiary/aromatic N) is 1. The van der Waals surface area contributed by atoms with Crippen molar-refractivity contribution in [1.82, 2.24) is 9.55 Å². The largest absolute Gasteiger partial charge is 0.380 e. The summed E-state index contributed by atoms with van der Waals surface area (Å²) < 4.78 is 33.8. The molecule has 2 aromatic rings. The fraction of sp³-hybridized carbons (Fsp3) is 0.364. The zero-order valence-electron chi connectivity index (χ0n) is 9.30. The van der Waals surface area contributed by atoms with Crippen LogP contribution in [0.15, 0.2) is 12.1 Å². The Morgan fingerprint density at radius 1 is 1.41 bits per heavy atom. The molecule has 0 bridgehead atoms. The first-order chi connectivity index (χ1) is 8.13. The Morgan fingerprint density at radius 3 is 2.88 bits per heavy atom. The molecule has 92 valence electrons. The van der Waals surface area contributed by atoms with Crippen LogP contribution in [0.3, 0.4) is 0 Å². The van der Waals surface area contributed by atoms with Crippen molar-refractivity contribution in [2.75, 3.05) is 13.2 Å². The van der Waals surface area contributed by atoms with E-state index in [1.54, 1.807) is 4.57 Å². The lowest BCUT2D eigenvalue weighted by molar-refractivity contribution is 0.139. The van der Waals surface area contributed by atoms with E-state index in [-0.39, 0.29) is 5.52 Å². The summed E-state index contributed by atoms with van der Waals surface area (Å²) in [5, 5.41) is 0. The highest BCUT2D eigenvalue weighted by Crippen LogP contribution is 2.19. The summed E-state index contributed by atoms with van der Waals surface area (Å²) in [4.78, 5) is 2.73. The van der Waals surface area contributed by atoms with E-state index in [4.69, 9.17) is 17.0 Å². The van der Waals surface area contributed by atoms with Crippen molar-refractivity contribution in [1.29, 1.82) is 0 Å². The number of hydrogen-bond donors (Lipinski definition) is 1. The van der Waals surface area contributed by atoms with Crippen LogP contribution in [0.2, 0.25) is 0 Å². The highest BCUT2D eigenvalue weighted by molar-refractivity contribution is 7.71. The Kier molecular flexibility index (Phi) is 3.54. The van der Waals surface area contributed by atoms with Crippen molar-refractivity contribution in [3.8, 4) is 0 Å². The lowest BCUT2D eigenvalue weighted by Crippen LogP contribution is -2.05. The second kappa shape index (κ2) is 4.93. The Hall–Kier alpha value is -1.27. The number of aromatic nitrogens is 2. The summed E-state index contributed by atoms with van der Waals surface area (Å²) in [6.45, 7) is 3.40. The van der Waals surface area contributed by atoms with Crippen molar-refractivity contribution < 1.29 is 13.5 Å². The lowest BCUT2D eigenvalue weighted by atomic mass is 10.3. The number of H-pyrrole nitrogens is 1. The number of imidazole rings is 1. The number of fused-ring (bicyclic) bond motifs is 1. The Labute approximate surface area is 102 Å². The molecule has 0 atom stereocenters. The van der Waals surface area contributed by atoms with Gasteiger partial charge in [-0.1, -0.05) is 0 Å². The van der Waals surface area contributed by atoms with Gasteiger partial charge in [-0.3, -0.25) is 0 Å². The number of benzene rings is 1. The fourth-order valence-electron chi connectivity index (χ4n) is 1.70. The van der Waals surface area contributed by atoms with E-state index in [1.807, 2.05) is 6.92 Å². The molecule has 0 aliphatic carbocycles. The number of nitrogens with one attached hydrogen (secondary N) is 1. The summed E-state index contributed by atoms with van der Waals surface area (Å²) in [5.74, 6) is -1.25. The number of rotatable bonds is 4. The monoisotopic (exact) mass is 258 g/mol. The van der Waals surface area contributed by atoms with E-state index in [2.05, 4.69) is 4.98 Å². The number of hydrogen-bond acceptors (Lipinski definition) is 2. The molecule has 0 spiro atoms. The molecule has 0 aliphatic rings. The van der Waals surface area contributed by atoms with Gasteiger partial charge in [0.15, 0.2) is 10.6 Å². The summed E-state index contributed by atoms with van der Waals surface area (Å²) in [5.41, 5.74) is 0.653. The Bertz CT molecular complexity index is 591. The molecule has 0 unspecified atom stereocenters. The van der Waals surface area contributed by atoms with Crippen LogP contribution in [0.5, 0.6) is 0 Å². The zero-order chi connectivity index (χ0) is 12.4. The smallest absolute Gasteiger partial charge is 0.178 e. The van der Waals surface area contributed by atoms with E-state index in [0.29, 0.717) is 30.0 Å². The summed E-state index contributed by atoms with van der Waals surface area (Å²) >= 11 is 5.07. The summed E-state index contributed by atoms with van der Waals surface area (Å²) in [7, 11) is 0. The maximum absolute atomic E-state index is 13.5. The van der Waals surface area contributed by atoms with Gasteiger partial charge >= 0.3 is 0 Å². The van der Waals surface area contributed by atoms with Crippen molar-refractivity contribution >= 4 is 23.3 Å². The molecule has 0 saturated carbocycles. The predicted molar refractivity (Wildman–Crippen MR) is 63.5 cm³/mol. The van der Waals surface area contributed by atoms with Gasteiger partial charge in [0, 0.05) is 19.2 Å². The molecule has 1 aromatic heterocycles. The molecule has 17 heavy (non-hydrogen) atoms. The SMILES string of the molecule is CCOCCn1c(=S)[nH]c2c(F)cc(F)cc21. The third-order valence-corrected chi connectivity index (χ3v) is 2.79. The zero-order valence-corrected chi connectivity index (χ0v) is 10.1. The Balaban J connectivity index is 2.47. The topological polar surface area (TPSA) is 29.9 Å². The maximum Gasteiger partial charge on any atom is 0.178 e. The second-order valence-electron chi connectivity index (χ2n) is 3.56. The first kappa shape index (κ1) is 12.2. The quantitative estimate of drug-likeness (QED) is 0.675. The van der Waals surface area contributed by atoms with E-state index in [0.717, 1.165) is 6.07 Å². The Morgan fingerprint density at radius 2 is 2.18 bits per heavy atom. The number of aromatic amines is 1. The fourth-order valence-corrected chi connectivity index (χ4v) is 1.99. The van der Waals surface area contributed by atoms with Crippen LogP contribution in [-0.4, -0.2) is 22.8 Å². The first-order valence-electron chi connectivity index (χ1n) is 5.28. The van der Waals surface area contributed by atoms with E-state index in [1.165, 1.54) is 6.07 Å². The van der Waals surface area contributed by atoms with Gasteiger partial charge in [-0.15, -0.1) is 0 Å². The highest BCUT2D eigenvalue weighted by Gasteiger charge is 2.10. The molecule has 3 nitrogen and oxygen atoms in total. The number of ether oxygens (including phenoxy) is 1. The van der Waals surface area contributed by atoms with Crippen LogP contribution >= 0.6 is 12.2 Å². The normalized spacial score (nSPS) is 11.2. The van der Waals surface area contributed by atoms with E-state index in [9.17, 15) is 8.78 Å². The van der Waals surface area contributed by atoms with Crippen LogP contribution < -0.4 is 0 Å². The summed E-state index contributed by atoms with van der Waals surface area (Å²) in [6, 6.07) is 2.09. The van der Waals surface area contributed by atoms with Gasteiger partial charge in [0.1, 0.15) is 11.3 Å². The maximum atomic E-state index is 13.5. The molecule has 0 fully saturated rings. The van der Waals surface area contributed by atoms with Crippen molar-refractivity contribution in [2.24, 2.45) is 0 Å². The van der Waals surface area contributed by atoms with E-state index >= 15 is 0 Å².